The molecule has 5 rings (SSSR count). The fourth-order valence-corrected chi connectivity index (χ4v) is 4.82. The van der Waals surface area contributed by atoms with Gasteiger partial charge in [-0.3, -0.25) is 4.79 Å². The number of anilines is 1. The zero-order valence-electron chi connectivity index (χ0n) is 21.9. The molecule has 0 saturated carbocycles. The number of ketones is 1. The van der Waals surface area contributed by atoms with E-state index in [4.69, 9.17) is 28.9 Å². The first-order chi connectivity index (χ1) is 19.4. The number of hydrogen-bond donors (Lipinski definition) is 1. The van der Waals surface area contributed by atoms with Crippen molar-refractivity contribution in [2.75, 3.05) is 26.1 Å². The Morgan fingerprint density at radius 3 is 2.25 bits per heavy atom. The molecule has 0 aliphatic carbocycles. The number of aromatic nitrogens is 2. The average molecular weight is 667 g/mol. The molecule has 0 saturated heterocycles. The van der Waals surface area contributed by atoms with Gasteiger partial charge in [0.2, 0.25) is 18.0 Å². The molecule has 204 valence electrons. The van der Waals surface area contributed by atoms with Crippen molar-refractivity contribution in [3.8, 4) is 39.8 Å². The second-order valence-corrected chi connectivity index (χ2v) is 10.5. The molecule has 1 aromatic heterocycles. The molecule has 2 heterocycles. The third-order valence-corrected chi connectivity index (χ3v) is 7.18. The molecule has 8 nitrogen and oxygen atoms in total. The molecule has 0 spiro atoms. The number of halogens is 2. The number of fused-ring (bicyclic) bond motifs is 1. The molecule has 1 N–H and O–H groups in total. The standard InChI is InChI=1S/C30H25Br2N3O5/c1-4-39-29-22(28(36)21-14-20(32)10-12-25(21)40-29)16-33-30-34-23(17-5-8-19(31)9-6-17)15-24(35-30)18-7-11-26(37-2)27(13-18)38-3/h5-16,29H,4H2,1-3H3,(H,33,34,35)/b22-16+. The van der Waals surface area contributed by atoms with Crippen LogP contribution in [0.1, 0.15) is 17.3 Å². The van der Waals surface area contributed by atoms with E-state index in [0.29, 0.717) is 52.3 Å². The number of methoxy groups -OCH3 is 2. The number of Topliss-reactive ketones (excluding diaryl/α,β-unsaturated/α-hetero) is 1. The maximum absolute atomic E-state index is 13.5. The lowest BCUT2D eigenvalue weighted by atomic mass is 10.00. The molecule has 40 heavy (non-hydrogen) atoms. The van der Waals surface area contributed by atoms with E-state index in [1.54, 1.807) is 32.6 Å². The largest absolute Gasteiger partial charge is 0.493 e. The molecule has 0 fully saturated rings. The monoisotopic (exact) mass is 665 g/mol. The lowest BCUT2D eigenvalue weighted by Gasteiger charge is -2.27. The number of benzene rings is 3. The summed E-state index contributed by atoms with van der Waals surface area (Å²) in [5, 5.41) is 3.12. The number of nitrogens with zero attached hydrogens (tertiary/aromatic N) is 2. The first-order valence-corrected chi connectivity index (χ1v) is 13.9. The highest BCUT2D eigenvalue weighted by Gasteiger charge is 2.32. The number of carbonyl (C=O) groups excluding carboxylic acids is 1. The first-order valence-electron chi connectivity index (χ1n) is 12.4. The Morgan fingerprint density at radius 2 is 1.55 bits per heavy atom. The highest BCUT2D eigenvalue weighted by Crippen LogP contribution is 2.35. The summed E-state index contributed by atoms with van der Waals surface area (Å²) in [6, 6.07) is 20.6. The van der Waals surface area contributed by atoms with Crippen molar-refractivity contribution in [3.63, 3.8) is 0 Å². The van der Waals surface area contributed by atoms with Gasteiger partial charge >= 0.3 is 0 Å². The smallest absolute Gasteiger partial charge is 0.232 e. The molecule has 1 atom stereocenters. The fraction of sp³-hybridized carbons (Fsp3) is 0.167. The van der Waals surface area contributed by atoms with Crippen LogP contribution in [-0.4, -0.2) is 42.9 Å². The third-order valence-electron chi connectivity index (χ3n) is 6.16. The topological polar surface area (TPSA) is 91.8 Å². The van der Waals surface area contributed by atoms with Crippen LogP contribution >= 0.6 is 31.9 Å². The summed E-state index contributed by atoms with van der Waals surface area (Å²) in [5.41, 5.74) is 3.78. The summed E-state index contributed by atoms with van der Waals surface area (Å²) < 4.78 is 24.4. The van der Waals surface area contributed by atoms with Crippen LogP contribution in [0.3, 0.4) is 0 Å². The Hall–Kier alpha value is -3.73. The summed E-state index contributed by atoms with van der Waals surface area (Å²) in [4.78, 5) is 22.9. The van der Waals surface area contributed by atoms with Gasteiger partial charge in [-0.25, -0.2) is 9.97 Å². The van der Waals surface area contributed by atoms with Crippen LogP contribution in [0.4, 0.5) is 5.95 Å². The van der Waals surface area contributed by atoms with Crippen LogP contribution in [0, 0.1) is 0 Å². The Balaban J connectivity index is 1.57. The van der Waals surface area contributed by atoms with Crippen molar-refractivity contribution in [2.45, 2.75) is 13.2 Å². The van der Waals surface area contributed by atoms with Crippen molar-refractivity contribution in [2.24, 2.45) is 0 Å². The normalized spacial score (nSPS) is 15.4. The highest BCUT2D eigenvalue weighted by molar-refractivity contribution is 9.10. The van der Waals surface area contributed by atoms with E-state index >= 15 is 0 Å². The minimum absolute atomic E-state index is 0.210. The summed E-state index contributed by atoms with van der Waals surface area (Å²) in [6.45, 7) is 2.20. The fourth-order valence-electron chi connectivity index (χ4n) is 4.20. The lowest BCUT2D eigenvalue weighted by molar-refractivity contribution is -0.0509. The predicted octanol–water partition coefficient (Wildman–Crippen LogP) is 7.29. The number of ether oxygens (including phenoxy) is 4. The predicted molar refractivity (Wildman–Crippen MR) is 160 cm³/mol. The molecular weight excluding hydrogens is 642 g/mol. The molecule has 1 unspecified atom stereocenters. The minimum atomic E-state index is -0.876. The second kappa shape index (κ2) is 12.2. The van der Waals surface area contributed by atoms with Gasteiger partial charge in [0, 0.05) is 32.9 Å². The van der Waals surface area contributed by atoms with E-state index in [-0.39, 0.29) is 5.78 Å². The van der Waals surface area contributed by atoms with Crippen LogP contribution in [0.25, 0.3) is 22.5 Å². The number of hydrogen-bond acceptors (Lipinski definition) is 8. The number of carbonyl (C=O) groups is 1. The number of rotatable bonds is 8. The highest BCUT2D eigenvalue weighted by atomic mass is 79.9. The molecule has 3 aromatic carbocycles. The van der Waals surface area contributed by atoms with Gasteiger partial charge in [0.25, 0.3) is 0 Å². The Kier molecular flexibility index (Phi) is 8.49. The summed E-state index contributed by atoms with van der Waals surface area (Å²) in [7, 11) is 3.18. The molecule has 10 heteroatoms. The molecular formula is C30H25Br2N3O5. The Morgan fingerprint density at radius 1 is 0.875 bits per heavy atom. The molecule has 0 radical (unpaired) electrons. The minimum Gasteiger partial charge on any atom is -0.493 e. The molecule has 1 aliphatic heterocycles. The van der Waals surface area contributed by atoms with Gasteiger partial charge in [-0.2, -0.15) is 0 Å². The molecule has 0 bridgehead atoms. The van der Waals surface area contributed by atoms with Gasteiger partial charge in [-0.15, -0.1) is 0 Å². The van der Waals surface area contributed by atoms with Crippen molar-refractivity contribution in [1.29, 1.82) is 0 Å². The van der Waals surface area contributed by atoms with Gasteiger partial charge in [0.1, 0.15) is 5.75 Å². The zero-order valence-corrected chi connectivity index (χ0v) is 25.1. The van der Waals surface area contributed by atoms with E-state index in [0.717, 1.165) is 20.1 Å². The first kappa shape index (κ1) is 27.8. The van der Waals surface area contributed by atoms with E-state index < -0.39 is 6.29 Å². The maximum atomic E-state index is 13.5. The van der Waals surface area contributed by atoms with Gasteiger partial charge in [-0.05, 0) is 61.5 Å². The second-order valence-electron chi connectivity index (χ2n) is 8.66. The summed E-state index contributed by atoms with van der Waals surface area (Å²) in [6.07, 6.45) is 0.671. The van der Waals surface area contributed by atoms with E-state index in [9.17, 15) is 4.79 Å². The van der Waals surface area contributed by atoms with Crippen LogP contribution in [0.5, 0.6) is 17.2 Å². The van der Waals surface area contributed by atoms with Gasteiger partial charge < -0.3 is 24.3 Å². The maximum Gasteiger partial charge on any atom is 0.232 e. The van der Waals surface area contributed by atoms with Crippen molar-refractivity contribution in [3.05, 3.63) is 93.0 Å². The third kappa shape index (κ3) is 5.89. The molecule has 1 aliphatic rings. The van der Waals surface area contributed by atoms with Crippen LogP contribution in [-0.2, 0) is 4.74 Å². The number of nitrogens with one attached hydrogen (secondary N) is 1. The van der Waals surface area contributed by atoms with Crippen LogP contribution < -0.4 is 19.5 Å². The van der Waals surface area contributed by atoms with Crippen molar-refractivity contribution in [1.82, 2.24) is 9.97 Å². The zero-order chi connectivity index (χ0) is 28.2. The van der Waals surface area contributed by atoms with Crippen LogP contribution in [0.2, 0.25) is 0 Å². The summed E-state index contributed by atoms with van der Waals surface area (Å²) in [5.74, 6) is 1.74. The van der Waals surface area contributed by atoms with E-state index in [2.05, 4.69) is 37.2 Å². The van der Waals surface area contributed by atoms with Crippen molar-refractivity contribution < 1.29 is 23.7 Å². The van der Waals surface area contributed by atoms with E-state index in [1.165, 1.54) is 0 Å². The SMILES string of the molecule is CCOC1Oc2ccc(Br)cc2C(=O)/C1=C\Nc1nc(-c2ccc(Br)cc2)cc(-c2ccc(OC)c(OC)c2)n1. The Labute approximate surface area is 248 Å². The van der Waals surface area contributed by atoms with Gasteiger partial charge in [0.05, 0.1) is 36.7 Å². The Bertz CT molecular complexity index is 1590. The van der Waals surface area contributed by atoms with E-state index in [1.807, 2.05) is 61.5 Å². The van der Waals surface area contributed by atoms with Crippen molar-refractivity contribution >= 4 is 43.6 Å². The van der Waals surface area contributed by atoms with Crippen LogP contribution in [0.15, 0.2) is 87.4 Å². The average Bonchev–Trinajstić information content (AvgIpc) is 2.97. The van der Waals surface area contributed by atoms with Gasteiger partial charge in [0.15, 0.2) is 11.5 Å². The quantitative estimate of drug-likeness (QED) is 0.196. The summed E-state index contributed by atoms with van der Waals surface area (Å²) >= 11 is 6.91. The lowest BCUT2D eigenvalue weighted by Crippen LogP contribution is -2.33. The molecule has 0 amide bonds. The molecule has 4 aromatic rings. The van der Waals surface area contributed by atoms with Gasteiger partial charge in [-0.1, -0.05) is 44.0 Å².